The number of anilines is 1. The predicted molar refractivity (Wildman–Crippen MR) is 66.6 cm³/mol. The van der Waals surface area contributed by atoms with E-state index in [-0.39, 0.29) is 0 Å². The lowest BCUT2D eigenvalue weighted by atomic mass is 10.3. The number of hydrogen-bond acceptors (Lipinski definition) is 4. The van der Waals surface area contributed by atoms with E-state index in [1.54, 1.807) is 31.4 Å². The van der Waals surface area contributed by atoms with Gasteiger partial charge in [0.05, 0.1) is 14.2 Å². The fourth-order valence-electron chi connectivity index (χ4n) is 1.30. The maximum Gasteiger partial charge on any atom is 0.328 e. The van der Waals surface area contributed by atoms with Gasteiger partial charge in [0, 0.05) is 11.8 Å². The largest absolute Gasteiger partial charge is 0.497 e. The van der Waals surface area contributed by atoms with Crippen LogP contribution in [0.3, 0.4) is 0 Å². The average Bonchev–Trinajstić information content (AvgIpc) is 2.37. The zero-order chi connectivity index (χ0) is 13.5. The van der Waals surface area contributed by atoms with Gasteiger partial charge in [-0.05, 0) is 19.1 Å². The van der Waals surface area contributed by atoms with Crippen LogP contribution in [0, 0.1) is 0 Å². The number of rotatable bonds is 4. The zero-order valence-corrected chi connectivity index (χ0v) is 10.5. The van der Waals surface area contributed by atoms with E-state index in [0.717, 1.165) is 0 Å². The average molecular weight is 252 g/mol. The zero-order valence-electron chi connectivity index (χ0n) is 10.5. The minimum Gasteiger partial charge on any atom is -0.497 e. The number of carbonyl (C=O) groups is 2. The summed E-state index contributed by atoms with van der Waals surface area (Å²) in [5.41, 5.74) is 0.573. The van der Waals surface area contributed by atoms with E-state index >= 15 is 0 Å². The van der Waals surface area contributed by atoms with Crippen LogP contribution in [0.5, 0.6) is 5.75 Å². The summed E-state index contributed by atoms with van der Waals surface area (Å²) in [7, 11) is 2.80. The molecule has 1 unspecified atom stereocenters. The van der Waals surface area contributed by atoms with Crippen molar-refractivity contribution in [2.45, 2.75) is 13.0 Å². The van der Waals surface area contributed by atoms with Crippen LogP contribution in [0.2, 0.25) is 0 Å². The molecule has 0 aromatic heterocycles. The third-order valence-electron chi connectivity index (χ3n) is 2.23. The van der Waals surface area contributed by atoms with Crippen molar-refractivity contribution in [3.63, 3.8) is 0 Å². The minimum absolute atomic E-state index is 0.485. The summed E-state index contributed by atoms with van der Waals surface area (Å²) >= 11 is 0. The number of hydrogen-bond donors (Lipinski definition) is 2. The van der Waals surface area contributed by atoms with Gasteiger partial charge in [-0.25, -0.2) is 9.59 Å². The first kappa shape index (κ1) is 13.8. The molecule has 0 radical (unpaired) electrons. The molecular formula is C12H16N2O4. The van der Waals surface area contributed by atoms with Crippen LogP contribution in [0.1, 0.15) is 6.92 Å². The molecule has 1 aromatic carbocycles. The number of carbonyl (C=O) groups excluding carboxylic acids is 2. The molecule has 0 aliphatic rings. The molecule has 18 heavy (non-hydrogen) atoms. The molecule has 0 bridgehead atoms. The molecule has 0 aliphatic carbocycles. The number of esters is 1. The number of nitrogens with one attached hydrogen (secondary N) is 2. The molecule has 0 spiro atoms. The van der Waals surface area contributed by atoms with Crippen molar-refractivity contribution in [1.82, 2.24) is 5.32 Å². The second-order valence-electron chi connectivity index (χ2n) is 3.58. The Morgan fingerprint density at radius 3 is 2.61 bits per heavy atom. The lowest BCUT2D eigenvalue weighted by molar-refractivity contribution is -0.142. The summed E-state index contributed by atoms with van der Waals surface area (Å²) in [6.07, 6.45) is 0. The van der Waals surface area contributed by atoms with Gasteiger partial charge in [0.1, 0.15) is 11.8 Å². The summed E-state index contributed by atoms with van der Waals surface area (Å²) in [5.74, 6) is 0.129. The maximum atomic E-state index is 11.6. The van der Waals surface area contributed by atoms with Gasteiger partial charge in [-0.2, -0.15) is 0 Å². The highest BCUT2D eigenvalue weighted by atomic mass is 16.5. The van der Waals surface area contributed by atoms with Crippen LogP contribution in [0.4, 0.5) is 10.5 Å². The maximum absolute atomic E-state index is 11.6. The molecule has 1 rings (SSSR count). The monoisotopic (exact) mass is 252 g/mol. The van der Waals surface area contributed by atoms with Crippen molar-refractivity contribution in [3.05, 3.63) is 24.3 Å². The van der Waals surface area contributed by atoms with Gasteiger partial charge in [-0.3, -0.25) is 0 Å². The standard InChI is InChI=1S/C12H16N2O4/c1-8(11(15)18-3)13-12(16)14-9-5-4-6-10(7-9)17-2/h4-8H,1-3H3,(H2,13,14,16). The van der Waals surface area contributed by atoms with Crippen LogP contribution >= 0.6 is 0 Å². The van der Waals surface area contributed by atoms with Crippen LogP contribution in [0.15, 0.2) is 24.3 Å². The molecule has 1 atom stereocenters. The molecule has 0 aliphatic heterocycles. The second-order valence-corrected chi connectivity index (χ2v) is 3.58. The highest BCUT2D eigenvalue weighted by Crippen LogP contribution is 2.16. The summed E-state index contributed by atoms with van der Waals surface area (Å²) in [6, 6.07) is 5.70. The van der Waals surface area contributed by atoms with Gasteiger partial charge < -0.3 is 20.1 Å². The molecule has 2 amide bonds. The summed E-state index contributed by atoms with van der Waals surface area (Å²) < 4.78 is 9.53. The lowest BCUT2D eigenvalue weighted by Crippen LogP contribution is -2.41. The number of urea groups is 1. The Morgan fingerprint density at radius 1 is 1.28 bits per heavy atom. The fourth-order valence-corrected chi connectivity index (χ4v) is 1.30. The molecule has 6 nitrogen and oxygen atoms in total. The van der Waals surface area contributed by atoms with Crippen molar-refractivity contribution in [2.75, 3.05) is 19.5 Å². The molecular weight excluding hydrogens is 236 g/mol. The quantitative estimate of drug-likeness (QED) is 0.794. The Labute approximate surface area is 105 Å². The second kappa shape index (κ2) is 6.48. The SMILES string of the molecule is COC(=O)C(C)NC(=O)Nc1cccc(OC)c1. The molecule has 0 fully saturated rings. The molecule has 0 saturated heterocycles. The summed E-state index contributed by atoms with van der Waals surface area (Å²) in [6.45, 7) is 1.54. The first-order valence-corrected chi connectivity index (χ1v) is 5.36. The molecule has 98 valence electrons. The number of amides is 2. The first-order chi connectivity index (χ1) is 8.56. The van der Waals surface area contributed by atoms with Crippen LogP contribution in [0.25, 0.3) is 0 Å². The Hall–Kier alpha value is -2.24. The van der Waals surface area contributed by atoms with E-state index < -0.39 is 18.0 Å². The van der Waals surface area contributed by atoms with Crippen LogP contribution in [-0.2, 0) is 9.53 Å². The van der Waals surface area contributed by atoms with Crippen molar-refractivity contribution >= 4 is 17.7 Å². The minimum atomic E-state index is -0.708. The van der Waals surface area contributed by atoms with Crippen LogP contribution < -0.4 is 15.4 Å². The molecule has 2 N–H and O–H groups in total. The van der Waals surface area contributed by atoms with Gasteiger partial charge in [0.15, 0.2) is 0 Å². The predicted octanol–water partition coefficient (Wildman–Crippen LogP) is 1.38. The summed E-state index contributed by atoms with van der Waals surface area (Å²) in [5, 5.41) is 5.04. The van der Waals surface area contributed by atoms with Crippen molar-refractivity contribution in [3.8, 4) is 5.75 Å². The Bertz CT molecular complexity index is 434. The van der Waals surface area contributed by atoms with Crippen LogP contribution in [-0.4, -0.2) is 32.3 Å². The van der Waals surface area contributed by atoms with E-state index in [1.807, 2.05) is 0 Å². The number of methoxy groups -OCH3 is 2. The Balaban J connectivity index is 2.56. The third-order valence-corrected chi connectivity index (χ3v) is 2.23. The third kappa shape index (κ3) is 3.97. The molecule has 1 aromatic rings. The van der Waals surface area contributed by atoms with E-state index in [1.165, 1.54) is 14.0 Å². The first-order valence-electron chi connectivity index (χ1n) is 5.36. The van der Waals surface area contributed by atoms with Crippen molar-refractivity contribution in [1.29, 1.82) is 0 Å². The van der Waals surface area contributed by atoms with E-state index in [9.17, 15) is 9.59 Å². The van der Waals surface area contributed by atoms with E-state index in [0.29, 0.717) is 11.4 Å². The van der Waals surface area contributed by atoms with Gasteiger partial charge in [-0.1, -0.05) is 6.07 Å². The Kier molecular flexibility index (Phi) is 4.98. The van der Waals surface area contributed by atoms with E-state index in [4.69, 9.17) is 4.74 Å². The highest BCUT2D eigenvalue weighted by Gasteiger charge is 2.15. The number of ether oxygens (including phenoxy) is 2. The number of benzene rings is 1. The normalized spacial score (nSPS) is 11.3. The fraction of sp³-hybridized carbons (Fsp3) is 0.333. The van der Waals surface area contributed by atoms with Crippen molar-refractivity contribution < 1.29 is 19.1 Å². The molecule has 0 heterocycles. The molecule has 6 heteroatoms. The molecule has 0 saturated carbocycles. The van der Waals surface area contributed by atoms with E-state index in [2.05, 4.69) is 15.4 Å². The van der Waals surface area contributed by atoms with Gasteiger partial charge >= 0.3 is 12.0 Å². The topological polar surface area (TPSA) is 76.7 Å². The smallest absolute Gasteiger partial charge is 0.328 e. The summed E-state index contributed by atoms with van der Waals surface area (Å²) in [4.78, 5) is 22.7. The van der Waals surface area contributed by atoms with Crippen molar-refractivity contribution in [2.24, 2.45) is 0 Å². The van der Waals surface area contributed by atoms with Gasteiger partial charge in [0.25, 0.3) is 0 Å². The van der Waals surface area contributed by atoms with Gasteiger partial charge in [-0.15, -0.1) is 0 Å². The van der Waals surface area contributed by atoms with Gasteiger partial charge in [0.2, 0.25) is 0 Å². The Morgan fingerprint density at radius 2 is 2.00 bits per heavy atom. The lowest BCUT2D eigenvalue weighted by Gasteiger charge is -2.12. The highest BCUT2D eigenvalue weighted by molar-refractivity contribution is 5.92.